The first kappa shape index (κ1) is 12.0. The standard InChI is InChI=1S/C12H14BrF2N/c13-10-2-1-3-16(8-10)7-9-4-11(14)6-12(15)5-9/h4-6,10H,1-3,7-8H2. The Morgan fingerprint density at radius 3 is 2.56 bits per heavy atom. The van der Waals surface area contributed by atoms with Crippen molar-refractivity contribution in [1.82, 2.24) is 4.90 Å². The van der Waals surface area contributed by atoms with Crippen molar-refractivity contribution in [3.05, 3.63) is 35.4 Å². The van der Waals surface area contributed by atoms with Crippen LogP contribution in [0, 0.1) is 11.6 Å². The summed E-state index contributed by atoms with van der Waals surface area (Å²) >= 11 is 3.58. The van der Waals surface area contributed by atoms with E-state index in [9.17, 15) is 8.78 Å². The molecule has 1 heterocycles. The smallest absolute Gasteiger partial charge is 0.126 e. The van der Waals surface area contributed by atoms with Crippen molar-refractivity contribution in [3.63, 3.8) is 0 Å². The molecule has 0 radical (unpaired) electrons. The molecule has 4 heteroatoms. The predicted molar refractivity (Wildman–Crippen MR) is 63.6 cm³/mol. The number of likely N-dealkylation sites (tertiary alicyclic amines) is 1. The lowest BCUT2D eigenvalue weighted by atomic mass is 10.1. The molecule has 2 rings (SSSR count). The minimum absolute atomic E-state index is 0.498. The normalized spacial score (nSPS) is 22.3. The maximum atomic E-state index is 13.0. The summed E-state index contributed by atoms with van der Waals surface area (Å²) in [7, 11) is 0. The summed E-state index contributed by atoms with van der Waals surface area (Å²) in [6.07, 6.45) is 2.31. The molecule has 0 aliphatic carbocycles. The van der Waals surface area contributed by atoms with Gasteiger partial charge in [0.15, 0.2) is 0 Å². The molecule has 0 saturated carbocycles. The van der Waals surface area contributed by atoms with Crippen LogP contribution in [-0.2, 0) is 6.54 Å². The zero-order chi connectivity index (χ0) is 11.5. The van der Waals surface area contributed by atoms with Crippen LogP contribution in [0.3, 0.4) is 0 Å². The Morgan fingerprint density at radius 2 is 1.94 bits per heavy atom. The van der Waals surface area contributed by atoms with Crippen molar-refractivity contribution < 1.29 is 8.78 Å². The highest BCUT2D eigenvalue weighted by atomic mass is 79.9. The second-order valence-electron chi connectivity index (χ2n) is 4.25. The van der Waals surface area contributed by atoms with Crippen LogP contribution < -0.4 is 0 Å². The summed E-state index contributed by atoms with van der Waals surface area (Å²) in [4.78, 5) is 2.72. The van der Waals surface area contributed by atoms with Gasteiger partial charge in [-0.1, -0.05) is 15.9 Å². The van der Waals surface area contributed by atoms with Crippen LogP contribution in [0.5, 0.6) is 0 Å². The first-order chi connectivity index (χ1) is 7.63. The van der Waals surface area contributed by atoms with E-state index in [2.05, 4.69) is 20.8 Å². The van der Waals surface area contributed by atoms with Gasteiger partial charge in [-0.3, -0.25) is 4.90 Å². The Kier molecular flexibility index (Phi) is 3.92. The molecule has 0 N–H and O–H groups in total. The number of alkyl halides is 1. The van der Waals surface area contributed by atoms with Crippen molar-refractivity contribution in [3.8, 4) is 0 Å². The van der Waals surface area contributed by atoms with Gasteiger partial charge in [0.1, 0.15) is 11.6 Å². The first-order valence-electron chi connectivity index (χ1n) is 5.45. The van der Waals surface area contributed by atoms with Crippen molar-refractivity contribution in [2.24, 2.45) is 0 Å². The summed E-state index contributed by atoms with van der Waals surface area (Å²) in [6, 6.07) is 3.72. The second-order valence-corrected chi connectivity index (χ2v) is 5.55. The largest absolute Gasteiger partial charge is 0.298 e. The third-order valence-electron chi connectivity index (χ3n) is 2.78. The van der Waals surface area contributed by atoms with Crippen LogP contribution >= 0.6 is 15.9 Å². The van der Waals surface area contributed by atoms with Crippen LogP contribution in [0.2, 0.25) is 0 Å². The molecule has 1 aromatic carbocycles. The fraction of sp³-hybridized carbons (Fsp3) is 0.500. The van der Waals surface area contributed by atoms with E-state index in [1.54, 1.807) is 0 Å². The van der Waals surface area contributed by atoms with Crippen molar-refractivity contribution in [1.29, 1.82) is 0 Å². The van der Waals surface area contributed by atoms with E-state index in [1.807, 2.05) is 0 Å². The number of benzene rings is 1. The molecule has 1 aliphatic rings. The lowest BCUT2D eigenvalue weighted by molar-refractivity contribution is 0.227. The van der Waals surface area contributed by atoms with E-state index in [-0.39, 0.29) is 0 Å². The Hall–Kier alpha value is -0.480. The SMILES string of the molecule is Fc1cc(F)cc(CN2CCCC(Br)C2)c1. The van der Waals surface area contributed by atoms with Gasteiger partial charge >= 0.3 is 0 Å². The summed E-state index contributed by atoms with van der Waals surface area (Å²) in [5.41, 5.74) is 0.708. The highest BCUT2D eigenvalue weighted by Crippen LogP contribution is 2.19. The Bertz CT molecular complexity index is 350. The quantitative estimate of drug-likeness (QED) is 0.755. The van der Waals surface area contributed by atoms with Crippen molar-refractivity contribution in [2.75, 3.05) is 13.1 Å². The molecule has 88 valence electrons. The van der Waals surface area contributed by atoms with Gasteiger partial charge in [-0.05, 0) is 37.1 Å². The molecule has 0 amide bonds. The molecule has 0 bridgehead atoms. The fourth-order valence-electron chi connectivity index (χ4n) is 2.10. The molecule has 1 fully saturated rings. The number of piperidine rings is 1. The average Bonchev–Trinajstić information content (AvgIpc) is 2.15. The summed E-state index contributed by atoms with van der Waals surface area (Å²) in [5, 5.41) is 0. The Balaban J connectivity index is 2.02. The first-order valence-corrected chi connectivity index (χ1v) is 6.36. The zero-order valence-electron chi connectivity index (χ0n) is 8.93. The number of rotatable bonds is 2. The number of nitrogens with zero attached hydrogens (tertiary/aromatic N) is 1. The van der Waals surface area contributed by atoms with Crippen LogP contribution in [0.25, 0.3) is 0 Å². The van der Waals surface area contributed by atoms with Gasteiger partial charge in [-0.25, -0.2) is 8.78 Å². The number of hydrogen-bond donors (Lipinski definition) is 0. The van der Waals surface area contributed by atoms with Gasteiger partial charge in [0.05, 0.1) is 0 Å². The predicted octanol–water partition coefficient (Wildman–Crippen LogP) is 3.32. The lowest BCUT2D eigenvalue weighted by Crippen LogP contribution is -2.35. The third kappa shape index (κ3) is 3.25. The molecule has 16 heavy (non-hydrogen) atoms. The zero-order valence-corrected chi connectivity index (χ0v) is 10.5. The van der Waals surface area contributed by atoms with Gasteiger partial charge in [-0.15, -0.1) is 0 Å². The molecule has 0 aromatic heterocycles. The lowest BCUT2D eigenvalue weighted by Gasteiger charge is -2.29. The van der Waals surface area contributed by atoms with Gasteiger partial charge in [0.25, 0.3) is 0 Å². The highest BCUT2D eigenvalue weighted by molar-refractivity contribution is 9.09. The van der Waals surface area contributed by atoms with Gasteiger partial charge in [0, 0.05) is 24.0 Å². The van der Waals surface area contributed by atoms with Gasteiger partial charge < -0.3 is 0 Å². The maximum Gasteiger partial charge on any atom is 0.126 e. The van der Waals surface area contributed by atoms with Crippen LogP contribution in [-0.4, -0.2) is 22.8 Å². The van der Waals surface area contributed by atoms with Crippen LogP contribution in [0.4, 0.5) is 8.78 Å². The van der Waals surface area contributed by atoms with Crippen molar-refractivity contribution >= 4 is 15.9 Å². The van der Waals surface area contributed by atoms with E-state index in [0.717, 1.165) is 25.6 Å². The minimum Gasteiger partial charge on any atom is -0.298 e. The summed E-state index contributed by atoms with van der Waals surface area (Å²) in [5.74, 6) is -0.996. The molecule has 1 nitrogen and oxygen atoms in total. The van der Waals surface area contributed by atoms with E-state index in [1.165, 1.54) is 18.6 Å². The van der Waals surface area contributed by atoms with Gasteiger partial charge in [-0.2, -0.15) is 0 Å². The van der Waals surface area contributed by atoms with E-state index in [4.69, 9.17) is 0 Å². The summed E-state index contributed by atoms with van der Waals surface area (Å²) < 4.78 is 26.0. The van der Waals surface area contributed by atoms with E-state index >= 15 is 0 Å². The second kappa shape index (κ2) is 5.23. The Labute approximate surface area is 103 Å². The van der Waals surface area contributed by atoms with Crippen molar-refractivity contribution in [2.45, 2.75) is 24.2 Å². The van der Waals surface area contributed by atoms with E-state index in [0.29, 0.717) is 16.9 Å². The molecule has 1 atom stereocenters. The molecule has 1 aromatic rings. The number of hydrogen-bond acceptors (Lipinski definition) is 1. The molecule has 1 unspecified atom stereocenters. The highest BCUT2D eigenvalue weighted by Gasteiger charge is 2.17. The minimum atomic E-state index is -0.498. The monoisotopic (exact) mass is 289 g/mol. The van der Waals surface area contributed by atoms with Crippen LogP contribution in [0.1, 0.15) is 18.4 Å². The maximum absolute atomic E-state index is 13.0. The molecular weight excluding hydrogens is 276 g/mol. The topological polar surface area (TPSA) is 3.24 Å². The fourth-order valence-corrected chi connectivity index (χ4v) is 2.84. The Morgan fingerprint density at radius 1 is 1.25 bits per heavy atom. The van der Waals surface area contributed by atoms with Crippen LogP contribution in [0.15, 0.2) is 18.2 Å². The molecule has 1 saturated heterocycles. The van der Waals surface area contributed by atoms with E-state index < -0.39 is 11.6 Å². The summed E-state index contributed by atoms with van der Waals surface area (Å²) in [6.45, 7) is 2.56. The molecule has 1 aliphatic heterocycles. The number of halogens is 3. The third-order valence-corrected chi connectivity index (χ3v) is 3.52. The average molecular weight is 290 g/mol. The molecular formula is C12H14BrF2N. The van der Waals surface area contributed by atoms with Gasteiger partial charge in [0.2, 0.25) is 0 Å². The molecule has 0 spiro atoms.